The minimum atomic E-state index is -0.254. The van der Waals surface area contributed by atoms with Crippen molar-refractivity contribution in [2.75, 3.05) is 0 Å². The Morgan fingerprint density at radius 3 is 2.36 bits per heavy atom. The third-order valence-corrected chi connectivity index (χ3v) is 3.03. The third-order valence-electron chi connectivity index (χ3n) is 2.80. The average Bonchev–Trinajstić information content (AvgIpc) is 2.85. The molecule has 0 aromatic heterocycles. The second-order valence-corrected chi connectivity index (χ2v) is 4.71. The lowest BCUT2D eigenvalue weighted by Crippen LogP contribution is -2.01. The Balaban J connectivity index is 2.31. The highest BCUT2D eigenvalue weighted by Crippen LogP contribution is 2.50. The number of hydrogen-bond acceptors (Lipinski definition) is 0. The summed E-state index contributed by atoms with van der Waals surface area (Å²) in [5, 5.41) is 0. The summed E-state index contributed by atoms with van der Waals surface area (Å²) in [6.07, 6.45) is 3.78. The summed E-state index contributed by atoms with van der Waals surface area (Å²) in [5.41, 5.74) is 2.44. The topological polar surface area (TPSA) is 0 Å². The van der Waals surface area contributed by atoms with Crippen molar-refractivity contribution in [3.63, 3.8) is 0 Å². The Morgan fingerprint density at radius 2 is 1.93 bits per heavy atom. The molecule has 0 bridgehead atoms. The molecule has 1 aromatic rings. The average molecular weight is 255 g/mol. The molecule has 74 valence electrons. The molecule has 0 N–H and O–H groups in total. The van der Waals surface area contributed by atoms with Crippen molar-refractivity contribution in [1.29, 1.82) is 0 Å². The minimum Gasteiger partial charge on any atom is -0.199 e. The summed E-state index contributed by atoms with van der Waals surface area (Å²) in [6, 6.07) is 8.34. The van der Waals surface area contributed by atoms with E-state index in [1.165, 1.54) is 11.1 Å². The van der Waals surface area contributed by atoms with E-state index in [1.54, 1.807) is 6.08 Å². The van der Waals surface area contributed by atoms with Gasteiger partial charge in [-0.2, -0.15) is 4.39 Å². The quantitative estimate of drug-likeness (QED) is 0.741. The van der Waals surface area contributed by atoms with Gasteiger partial charge in [-0.05, 0) is 47.3 Å². The van der Waals surface area contributed by atoms with E-state index >= 15 is 0 Å². The van der Waals surface area contributed by atoms with Crippen LogP contribution in [0.1, 0.15) is 24.0 Å². The number of rotatable bonds is 2. The fourth-order valence-electron chi connectivity index (χ4n) is 1.75. The van der Waals surface area contributed by atoms with Crippen molar-refractivity contribution in [3.05, 3.63) is 46.2 Å². The van der Waals surface area contributed by atoms with Gasteiger partial charge in [-0.15, -0.1) is 0 Å². The van der Waals surface area contributed by atoms with Crippen LogP contribution in [0, 0.1) is 6.92 Å². The van der Waals surface area contributed by atoms with Crippen molar-refractivity contribution >= 4 is 15.9 Å². The summed E-state index contributed by atoms with van der Waals surface area (Å²) >= 11 is 2.86. The van der Waals surface area contributed by atoms with Crippen LogP contribution in [-0.2, 0) is 5.41 Å². The van der Waals surface area contributed by atoms with E-state index in [0.717, 1.165) is 12.8 Å². The zero-order chi connectivity index (χ0) is 10.2. The van der Waals surface area contributed by atoms with Gasteiger partial charge in [-0.25, -0.2) is 0 Å². The van der Waals surface area contributed by atoms with E-state index in [4.69, 9.17) is 0 Å². The number of hydrogen-bond donors (Lipinski definition) is 0. The van der Waals surface area contributed by atoms with Gasteiger partial charge in [0.25, 0.3) is 0 Å². The first-order valence-electron chi connectivity index (χ1n) is 4.73. The number of aryl methyl sites for hydroxylation is 1. The molecule has 2 rings (SSSR count). The fourth-order valence-corrected chi connectivity index (χ4v) is 2.18. The SMILES string of the molecule is Cc1ccc(C2(C=C(F)Br)CC2)cc1. The Kier molecular flexibility index (Phi) is 2.48. The van der Waals surface area contributed by atoms with E-state index in [2.05, 4.69) is 47.1 Å². The van der Waals surface area contributed by atoms with E-state index in [0.29, 0.717) is 0 Å². The molecular formula is C12H12BrF. The van der Waals surface area contributed by atoms with Crippen LogP contribution in [0.5, 0.6) is 0 Å². The molecule has 1 aliphatic carbocycles. The summed E-state index contributed by atoms with van der Waals surface area (Å²) in [4.78, 5) is 0. The lowest BCUT2D eigenvalue weighted by molar-refractivity contribution is 0.686. The standard InChI is InChI=1S/C12H12BrF/c1-9-2-4-10(5-3-9)12(6-7-12)8-11(13)14/h2-5,8H,6-7H2,1H3. The van der Waals surface area contributed by atoms with Gasteiger partial charge in [0.2, 0.25) is 0 Å². The van der Waals surface area contributed by atoms with Gasteiger partial charge in [-0.3, -0.25) is 0 Å². The van der Waals surface area contributed by atoms with E-state index in [1.807, 2.05) is 0 Å². The third kappa shape index (κ3) is 1.90. The second kappa shape index (κ2) is 3.50. The maximum Gasteiger partial charge on any atom is 0.162 e. The molecule has 0 spiro atoms. The smallest absolute Gasteiger partial charge is 0.162 e. The number of halogens is 2. The van der Waals surface area contributed by atoms with Crippen LogP contribution in [0.2, 0.25) is 0 Å². The summed E-state index contributed by atoms with van der Waals surface area (Å²) in [6.45, 7) is 2.06. The van der Waals surface area contributed by atoms with E-state index < -0.39 is 0 Å². The highest BCUT2D eigenvalue weighted by atomic mass is 79.9. The monoisotopic (exact) mass is 254 g/mol. The maximum atomic E-state index is 12.8. The lowest BCUT2D eigenvalue weighted by atomic mass is 9.95. The molecule has 0 nitrogen and oxygen atoms in total. The first-order chi connectivity index (χ1) is 6.62. The predicted octanol–water partition coefficient (Wildman–Crippen LogP) is 4.23. The molecule has 2 heteroatoms. The van der Waals surface area contributed by atoms with Crippen LogP contribution < -0.4 is 0 Å². The second-order valence-electron chi connectivity index (χ2n) is 3.96. The Morgan fingerprint density at radius 1 is 1.36 bits per heavy atom. The van der Waals surface area contributed by atoms with Crippen molar-refractivity contribution in [2.24, 2.45) is 0 Å². The minimum absolute atomic E-state index is 0.0265. The molecule has 0 unspecified atom stereocenters. The van der Waals surface area contributed by atoms with Crippen LogP contribution in [0.15, 0.2) is 35.1 Å². The van der Waals surface area contributed by atoms with Gasteiger partial charge in [0.1, 0.15) is 0 Å². The van der Waals surface area contributed by atoms with Crippen LogP contribution in [0.4, 0.5) is 4.39 Å². The Labute approximate surface area is 92.0 Å². The van der Waals surface area contributed by atoms with Crippen molar-refractivity contribution in [3.8, 4) is 0 Å². The summed E-state index contributed by atoms with van der Waals surface area (Å²) < 4.78 is 12.5. The molecule has 0 saturated heterocycles. The summed E-state index contributed by atoms with van der Waals surface area (Å²) in [5.74, 6) is 0. The molecule has 0 heterocycles. The Hall–Kier alpha value is -0.630. The van der Waals surface area contributed by atoms with Gasteiger partial charge in [0.05, 0.1) is 0 Å². The molecule has 14 heavy (non-hydrogen) atoms. The summed E-state index contributed by atoms with van der Waals surface area (Å²) in [7, 11) is 0. The highest BCUT2D eigenvalue weighted by Gasteiger charge is 2.42. The van der Waals surface area contributed by atoms with Gasteiger partial charge in [-0.1, -0.05) is 29.8 Å². The molecule has 1 aliphatic rings. The fraction of sp³-hybridized carbons (Fsp3) is 0.333. The Bertz CT molecular complexity index is 356. The van der Waals surface area contributed by atoms with Crippen molar-refractivity contribution in [2.45, 2.75) is 25.2 Å². The zero-order valence-corrected chi connectivity index (χ0v) is 9.64. The van der Waals surface area contributed by atoms with Crippen molar-refractivity contribution in [1.82, 2.24) is 0 Å². The normalized spacial score (nSPS) is 19.5. The number of benzene rings is 1. The molecule has 0 radical (unpaired) electrons. The van der Waals surface area contributed by atoms with Crippen molar-refractivity contribution < 1.29 is 4.39 Å². The molecule has 0 atom stereocenters. The molecular weight excluding hydrogens is 243 g/mol. The highest BCUT2D eigenvalue weighted by molar-refractivity contribution is 9.11. The van der Waals surface area contributed by atoms with Crippen LogP contribution in [-0.4, -0.2) is 0 Å². The largest absolute Gasteiger partial charge is 0.199 e. The molecule has 0 aliphatic heterocycles. The number of allylic oxidation sites excluding steroid dienone is 1. The molecule has 1 aromatic carbocycles. The van der Waals surface area contributed by atoms with Gasteiger partial charge >= 0.3 is 0 Å². The predicted molar refractivity (Wildman–Crippen MR) is 60.2 cm³/mol. The molecule has 0 amide bonds. The van der Waals surface area contributed by atoms with Gasteiger partial charge in [0.15, 0.2) is 4.74 Å². The van der Waals surface area contributed by atoms with Gasteiger partial charge in [0, 0.05) is 5.41 Å². The van der Waals surface area contributed by atoms with Crippen LogP contribution in [0.3, 0.4) is 0 Å². The van der Waals surface area contributed by atoms with Crippen LogP contribution in [0.25, 0.3) is 0 Å². The maximum absolute atomic E-state index is 12.8. The van der Waals surface area contributed by atoms with Gasteiger partial charge < -0.3 is 0 Å². The molecule has 1 saturated carbocycles. The zero-order valence-electron chi connectivity index (χ0n) is 8.06. The first kappa shape index (κ1) is 9.91. The van der Waals surface area contributed by atoms with E-state index in [9.17, 15) is 4.39 Å². The van der Waals surface area contributed by atoms with Crippen LogP contribution >= 0.6 is 15.9 Å². The van der Waals surface area contributed by atoms with E-state index in [-0.39, 0.29) is 10.2 Å². The molecule has 1 fully saturated rings. The lowest BCUT2D eigenvalue weighted by Gasteiger charge is -2.10. The first-order valence-corrected chi connectivity index (χ1v) is 5.53.